The molecule has 1 aromatic carbocycles. The van der Waals surface area contributed by atoms with Gasteiger partial charge in [-0.15, -0.1) is 0 Å². The Balaban J connectivity index is 2.28. The van der Waals surface area contributed by atoms with Gasteiger partial charge in [-0.1, -0.05) is 12.1 Å². The highest BCUT2D eigenvalue weighted by atomic mass is 16.5. The number of benzene rings is 1. The minimum Gasteiger partial charge on any atom is -0.494 e. The SMILES string of the molecule is CCOc1ccc(CC(=O)NCCC(=O)OC(C)C)cc1. The molecule has 1 amide bonds. The molecule has 116 valence electrons. The van der Waals surface area contributed by atoms with Crippen molar-refractivity contribution >= 4 is 11.9 Å². The van der Waals surface area contributed by atoms with Gasteiger partial charge in [-0.25, -0.2) is 0 Å². The Labute approximate surface area is 125 Å². The van der Waals surface area contributed by atoms with Crippen molar-refractivity contribution in [3.05, 3.63) is 29.8 Å². The first-order chi connectivity index (χ1) is 10.0. The molecule has 0 bridgehead atoms. The molecule has 0 aliphatic rings. The standard InChI is InChI=1S/C16H23NO4/c1-4-20-14-7-5-13(6-8-14)11-15(18)17-10-9-16(19)21-12(2)3/h5-8,12H,4,9-11H2,1-3H3,(H,17,18). The Morgan fingerprint density at radius 1 is 1.19 bits per heavy atom. The molecular formula is C16H23NO4. The maximum atomic E-state index is 11.7. The van der Waals surface area contributed by atoms with E-state index in [0.717, 1.165) is 11.3 Å². The van der Waals surface area contributed by atoms with Crippen LogP contribution in [-0.4, -0.2) is 31.1 Å². The van der Waals surface area contributed by atoms with Crippen LogP contribution in [0, 0.1) is 0 Å². The molecule has 5 heteroatoms. The largest absolute Gasteiger partial charge is 0.494 e. The summed E-state index contributed by atoms with van der Waals surface area (Å²) in [6.45, 7) is 6.42. The highest BCUT2D eigenvalue weighted by molar-refractivity contribution is 5.79. The van der Waals surface area contributed by atoms with E-state index in [0.29, 0.717) is 13.2 Å². The van der Waals surface area contributed by atoms with Crippen molar-refractivity contribution in [2.45, 2.75) is 39.7 Å². The fraction of sp³-hybridized carbons (Fsp3) is 0.500. The zero-order valence-corrected chi connectivity index (χ0v) is 12.8. The fourth-order valence-corrected chi connectivity index (χ4v) is 1.74. The van der Waals surface area contributed by atoms with Crippen molar-refractivity contribution < 1.29 is 19.1 Å². The molecule has 1 N–H and O–H groups in total. The second kappa shape index (κ2) is 9.00. The van der Waals surface area contributed by atoms with Gasteiger partial charge in [-0.3, -0.25) is 9.59 Å². The lowest BCUT2D eigenvalue weighted by Crippen LogP contribution is -2.28. The summed E-state index contributed by atoms with van der Waals surface area (Å²) in [4.78, 5) is 23.0. The molecule has 1 aromatic rings. The number of nitrogens with one attached hydrogen (secondary N) is 1. The van der Waals surface area contributed by atoms with E-state index in [1.54, 1.807) is 13.8 Å². The summed E-state index contributed by atoms with van der Waals surface area (Å²) >= 11 is 0. The van der Waals surface area contributed by atoms with E-state index in [4.69, 9.17) is 9.47 Å². The number of hydrogen-bond donors (Lipinski definition) is 1. The lowest BCUT2D eigenvalue weighted by Gasteiger charge is -2.09. The number of rotatable bonds is 8. The van der Waals surface area contributed by atoms with Gasteiger partial charge in [0.05, 0.1) is 25.6 Å². The Morgan fingerprint density at radius 2 is 1.86 bits per heavy atom. The highest BCUT2D eigenvalue weighted by Crippen LogP contribution is 2.12. The van der Waals surface area contributed by atoms with Crippen LogP contribution in [0.3, 0.4) is 0 Å². The third-order valence-electron chi connectivity index (χ3n) is 2.62. The van der Waals surface area contributed by atoms with Gasteiger partial charge in [0.15, 0.2) is 0 Å². The lowest BCUT2D eigenvalue weighted by atomic mass is 10.1. The highest BCUT2D eigenvalue weighted by Gasteiger charge is 2.07. The summed E-state index contributed by atoms with van der Waals surface area (Å²) in [7, 11) is 0. The molecule has 0 atom stereocenters. The molecule has 1 rings (SSSR count). The zero-order chi connectivity index (χ0) is 15.7. The topological polar surface area (TPSA) is 64.6 Å². The molecule has 5 nitrogen and oxygen atoms in total. The van der Waals surface area contributed by atoms with Gasteiger partial charge in [0.25, 0.3) is 0 Å². The third-order valence-corrected chi connectivity index (χ3v) is 2.62. The quantitative estimate of drug-likeness (QED) is 0.745. The van der Waals surface area contributed by atoms with Crippen LogP contribution in [0.4, 0.5) is 0 Å². The van der Waals surface area contributed by atoms with Gasteiger partial charge in [-0.2, -0.15) is 0 Å². The molecule has 0 aromatic heterocycles. The second-order valence-corrected chi connectivity index (χ2v) is 4.89. The summed E-state index contributed by atoms with van der Waals surface area (Å²) in [5.74, 6) is 0.376. The van der Waals surface area contributed by atoms with Crippen molar-refractivity contribution in [1.29, 1.82) is 0 Å². The number of carbonyl (C=O) groups is 2. The minimum atomic E-state index is -0.300. The molecule has 21 heavy (non-hydrogen) atoms. The predicted octanol–water partition coefficient (Wildman–Crippen LogP) is 2.09. The van der Waals surface area contributed by atoms with Crippen LogP contribution in [0.1, 0.15) is 32.8 Å². The molecule has 0 fully saturated rings. The lowest BCUT2D eigenvalue weighted by molar-refractivity contribution is -0.147. The van der Waals surface area contributed by atoms with Crippen LogP contribution in [-0.2, 0) is 20.7 Å². The van der Waals surface area contributed by atoms with Crippen molar-refractivity contribution in [3.8, 4) is 5.75 Å². The summed E-state index contributed by atoms with van der Waals surface area (Å²) in [5.41, 5.74) is 0.903. The first-order valence-electron chi connectivity index (χ1n) is 7.19. The summed E-state index contributed by atoms with van der Waals surface area (Å²) in [6, 6.07) is 7.40. The normalized spacial score (nSPS) is 10.3. The minimum absolute atomic E-state index is 0.114. The van der Waals surface area contributed by atoms with E-state index in [1.807, 2.05) is 31.2 Å². The molecule has 0 saturated carbocycles. The van der Waals surface area contributed by atoms with Crippen molar-refractivity contribution in [2.75, 3.05) is 13.2 Å². The van der Waals surface area contributed by atoms with Crippen LogP contribution >= 0.6 is 0 Å². The van der Waals surface area contributed by atoms with Gasteiger partial charge in [0.1, 0.15) is 5.75 Å². The molecular weight excluding hydrogens is 270 g/mol. The maximum absolute atomic E-state index is 11.7. The number of ether oxygens (including phenoxy) is 2. The number of hydrogen-bond acceptors (Lipinski definition) is 4. The first-order valence-corrected chi connectivity index (χ1v) is 7.19. The molecule has 0 radical (unpaired) electrons. The average molecular weight is 293 g/mol. The Bertz CT molecular complexity index is 454. The van der Waals surface area contributed by atoms with Crippen molar-refractivity contribution in [1.82, 2.24) is 5.32 Å². The Hall–Kier alpha value is -2.04. The molecule has 0 aliphatic carbocycles. The smallest absolute Gasteiger partial charge is 0.307 e. The molecule has 0 unspecified atom stereocenters. The Kier molecular flexibility index (Phi) is 7.29. The summed E-state index contributed by atoms with van der Waals surface area (Å²) < 4.78 is 10.3. The molecule has 0 heterocycles. The van der Waals surface area contributed by atoms with Crippen LogP contribution in [0.15, 0.2) is 24.3 Å². The fourth-order valence-electron chi connectivity index (χ4n) is 1.74. The molecule has 0 aliphatic heterocycles. The number of amides is 1. The number of esters is 1. The van der Waals surface area contributed by atoms with Gasteiger partial charge in [-0.05, 0) is 38.5 Å². The first kappa shape index (κ1) is 17.0. The summed E-state index contributed by atoms with van der Waals surface area (Å²) in [5, 5.41) is 2.70. The van der Waals surface area contributed by atoms with Crippen molar-refractivity contribution in [2.24, 2.45) is 0 Å². The average Bonchev–Trinajstić information content (AvgIpc) is 2.40. The van der Waals surface area contributed by atoms with E-state index in [1.165, 1.54) is 0 Å². The molecule has 0 spiro atoms. The van der Waals surface area contributed by atoms with Gasteiger partial charge in [0, 0.05) is 6.54 Å². The van der Waals surface area contributed by atoms with Crippen LogP contribution in [0.25, 0.3) is 0 Å². The Morgan fingerprint density at radius 3 is 2.43 bits per heavy atom. The van der Waals surface area contributed by atoms with E-state index >= 15 is 0 Å². The second-order valence-electron chi connectivity index (χ2n) is 4.89. The number of carbonyl (C=O) groups excluding carboxylic acids is 2. The predicted molar refractivity (Wildman–Crippen MR) is 80.2 cm³/mol. The van der Waals surface area contributed by atoms with Gasteiger partial charge >= 0.3 is 5.97 Å². The van der Waals surface area contributed by atoms with E-state index < -0.39 is 0 Å². The van der Waals surface area contributed by atoms with Gasteiger partial charge in [0.2, 0.25) is 5.91 Å². The molecule has 0 saturated heterocycles. The summed E-state index contributed by atoms with van der Waals surface area (Å²) in [6.07, 6.45) is 0.343. The zero-order valence-electron chi connectivity index (χ0n) is 12.8. The van der Waals surface area contributed by atoms with E-state index in [-0.39, 0.29) is 30.8 Å². The van der Waals surface area contributed by atoms with E-state index in [9.17, 15) is 9.59 Å². The van der Waals surface area contributed by atoms with Gasteiger partial charge < -0.3 is 14.8 Å². The monoisotopic (exact) mass is 293 g/mol. The third kappa shape index (κ3) is 7.34. The van der Waals surface area contributed by atoms with Crippen LogP contribution in [0.2, 0.25) is 0 Å². The van der Waals surface area contributed by atoms with Crippen molar-refractivity contribution in [3.63, 3.8) is 0 Å². The maximum Gasteiger partial charge on any atom is 0.307 e. The van der Waals surface area contributed by atoms with Crippen LogP contribution < -0.4 is 10.1 Å². The van der Waals surface area contributed by atoms with Crippen LogP contribution in [0.5, 0.6) is 5.75 Å². The van der Waals surface area contributed by atoms with E-state index in [2.05, 4.69) is 5.32 Å².